The lowest BCUT2D eigenvalue weighted by Gasteiger charge is -2.14. The fourth-order valence-corrected chi connectivity index (χ4v) is 2.16. The monoisotopic (exact) mass is 415 g/mol. The van der Waals surface area contributed by atoms with Gasteiger partial charge in [-0.25, -0.2) is 0 Å². The summed E-state index contributed by atoms with van der Waals surface area (Å²) in [5, 5.41) is 9.70. The molecule has 2 rings (SSSR count). The first-order valence-electron chi connectivity index (χ1n) is 8.25. The molecular weight excluding hydrogens is 393 g/mol. The molecule has 10 heteroatoms. The topological polar surface area (TPSA) is 123 Å². The van der Waals surface area contributed by atoms with Crippen molar-refractivity contribution in [3.05, 3.63) is 35.2 Å². The molecule has 8 nitrogen and oxygen atoms in total. The quantitative estimate of drug-likeness (QED) is 0.600. The molecule has 1 heterocycles. The van der Waals surface area contributed by atoms with Crippen molar-refractivity contribution in [2.24, 2.45) is 11.7 Å². The Morgan fingerprint density at radius 1 is 1.22 bits per heavy atom. The van der Waals surface area contributed by atoms with Gasteiger partial charge in [-0.1, -0.05) is 30.6 Å². The number of nitrogens with one attached hydrogen (secondary N) is 2. The van der Waals surface area contributed by atoms with Gasteiger partial charge >= 0.3 is 0 Å². The van der Waals surface area contributed by atoms with Crippen molar-refractivity contribution in [2.45, 2.75) is 26.3 Å². The normalized spacial score (nSPS) is 11.6. The minimum absolute atomic E-state index is 0. The van der Waals surface area contributed by atoms with Gasteiger partial charge < -0.3 is 20.9 Å². The summed E-state index contributed by atoms with van der Waals surface area (Å²) in [6.45, 7) is 3.87. The number of hydrogen-bond donors (Lipinski definition) is 3. The Hall–Kier alpha value is -2.16. The van der Waals surface area contributed by atoms with E-state index in [1.54, 1.807) is 24.3 Å². The van der Waals surface area contributed by atoms with Crippen molar-refractivity contribution >= 4 is 35.8 Å². The number of nitrogens with zero attached hydrogens (tertiary/aromatic N) is 2. The van der Waals surface area contributed by atoms with E-state index in [0.717, 1.165) is 5.56 Å². The Morgan fingerprint density at radius 3 is 2.52 bits per heavy atom. The average Bonchev–Trinajstić information content (AvgIpc) is 3.08. The van der Waals surface area contributed by atoms with E-state index < -0.39 is 6.04 Å². The molecule has 1 aromatic heterocycles. The number of carbonyl (C=O) groups is 2. The van der Waals surface area contributed by atoms with E-state index in [2.05, 4.69) is 20.8 Å². The zero-order chi connectivity index (χ0) is 19.1. The zero-order valence-corrected chi connectivity index (χ0v) is 16.6. The summed E-state index contributed by atoms with van der Waals surface area (Å²) in [5.41, 5.74) is 6.49. The van der Waals surface area contributed by atoms with E-state index in [0.29, 0.717) is 29.7 Å². The second-order valence-electron chi connectivity index (χ2n) is 6.11. The summed E-state index contributed by atoms with van der Waals surface area (Å²) in [5.74, 6) is 0.205. The third-order valence-corrected chi connectivity index (χ3v) is 3.93. The molecule has 4 N–H and O–H groups in total. The van der Waals surface area contributed by atoms with Gasteiger partial charge in [-0.05, 0) is 30.2 Å². The van der Waals surface area contributed by atoms with Gasteiger partial charge in [-0.2, -0.15) is 4.98 Å². The molecule has 0 aliphatic heterocycles. The maximum Gasteiger partial charge on any atom is 0.239 e. The second kappa shape index (κ2) is 10.9. The lowest BCUT2D eigenvalue weighted by Crippen LogP contribution is -2.47. The summed E-state index contributed by atoms with van der Waals surface area (Å²) in [7, 11) is 0. The fourth-order valence-electron chi connectivity index (χ4n) is 2.03. The Labute approximate surface area is 168 Å². The number of halogens is 2. The van der Waals surface area contributed by atoms with Crippen LogP contribution in [0.5, 0.6) is 0 Å². The van der Waals surface area contributed by atoms with Crippen LogP contribution in [0.15, 0.2) is 28.8 Å². The summed E-state index contributed by atoms with van der Waals surface area (Å²) >= 11 is 5.84. The van der Waals surface area contributed by atoms with Crippen LogP contribution in [0.2, 0.25) is 5.02 Å². The highest BCUT2D eigenvalue weighted by molar-refractivity contribution is 6.30. The molecule has 27 heavy (non-hydrogen) atoms. The predicted octanol–water partition coefficient (Wildman–Crippen LogP) is 1.57. The van der Waals surface area contributed by atoms with Crippen LogP contribution in [0.4, 0.5) is 0 Å². The zero-order valence-electron chi connectivity index (χ0n) is 15.1. The van der Waals surface area contributed by atoms with Crippen molar-refractivity contribution in [3.63, 3.8) is 0 Å². The van der Waals surface area contributed by atoms with Crippen LogP contribution in [0, 0.1) is 5.92 Å². The first kappa shape index (κ1) is 22.9. The average molecular weight is 416 g/mol. The highest BCUT2D eigenvalue weighted by Crippen LogP contribution is 2.18. The van der Waals surface area contributed by atoms with Crippen LogP contribution < -0.4 is 16.4 Å². The molecule has 148 valence electrons. The highest BCUT2D eigenvalue weighted by Gasteiger charge is 2.17. The Balaban J connectivity index is 0.00000364. The Bertz CT molecular complexity index is 749. The molecule has 2 aromatic rings. The van der Waals surface area contributed by atoms with Crippen molar-refractivity contribution < 1.29 is 14.1 Å². The van der Waals surface area contributed by atoms with Gasteiger partial charge in [0.2, 0.25) is 23.5 Å². The molecule has 0 saturated carbocycles. The first-order valence-corrected chi connectivity index (χ1v) is 8.63. The smallest absolute Gasteiger partial charge is 0.239 e. The molecule has 0 radical (unpaired) electrons. The summed E-state index contributed by atoms with van der Waals surface area (Å²) in [6.07, 6.45) is 0.381. The molecule has 0 saturated heterocycles. The Kier molecular flexibility index (Phi) is 9.20. The number of amides is 2. The lowest BCUT2D eigenvalue weighted by atomic mass is 10.1. The van der Waals surface area contributed by atoms with E-state index >= 15 is 0 Å². The number of hydrogen-bond acceptors (Lipinski definition) is 6. The number of aromatic nitrogens is 2. The van der Waals surface area contributed by atoms with Crippen LogP contribution in [-0.4, -0.2) is 41.1 Å². The summed E-state index contributed by atoms with van der Waals surface area (Å²) in [6, 6.07) is 6.44. The summed E-state index contributed by atoms with van der Waals surface area (Å²) in [4.78, 5) is 27.7. The highest BCUT2D eigenvalue weighted by atomic mass is 35.5. The predicted molar refractivity (Wildman–Crippen MR) is 105 cm³/mol. The van der Waals surface area contributed by atoms with Crippen LogP contribution in [0.25, 0.3) is 11.4 Å². The number of carbonyl (C=O) groups excluding carboxylic acids is 2. The SMILES string of the molecule is CC(C)[C@H](N)C(=O)NCC(=O)NCCc1nc(-c2ccc(Cl)cc2)no1.Cl. The molecule has 0 aliphatic carbocycles. The molecular formula is C17H23Cl2N5O3. The minimum Gasteiger partial charge on any atom is -0.354 e. The minimum atomic E-state index is -0.632. The fraction of sp³-hybridized carbons (Fsp3) is 0.412. The van der Waals surface area contributed by atoms with E-state index in [9.17, 15) is 9.59 Å². The second-order valence-corrected chi connectivity index (χ2v) is 6.54. The van der Waals surface area contributed by atoms with Crippen molar-refractivity contribution in [2.75, 3.05) is 13.1 Å². The molecule has 2 amide bonds. The number of rotatable bonds is 8. The third kappa shape index (κ3) is 7.16. The van der Waals surface area contributed by atoms with E-state index in [-0.39, 0.29) is 36.7 Å². The maximum absolute atomic E-state index is 11.7. The van der Waals surface area contributed by atoms with Gasteiger partial charge in [-0.3, -0.25) is 9.59 Å². The molecule has 0 spiro atoms. The maximum atomic E-state index is 11.7. The van der Waals surface area contributed by atoms with E-state index in [1.807, 2.05) is 13.8 Å². The molecule has 0 unspecified atom stereocenters. The first-order chi connectivity index (χ1) is 12.4. The van der Waals surface area contributed by atoms with E-state index in [4.69, 9.17) is 21.9 Å². The summed E-state index contributed by atoms with van der Waals surface area (Å²) < 4.78 is 5.16. The van der Waals surface area contributed by atoms with Crippen LogP contribution in [-0.2, 0) is 16.0 Å². The van der Waals surface area contributed by atoms with E-state index in [1.165, 1.54) is 0 Å². The number of benzene rings is 1. The largest absolute Gasteiger partial charge is 0.354 e. The molecule has 1 aromatic carbocycles. The molecule has 1 atom stereocenters. The standard InChI is InChI=1S/C17H22ClN5O3.ClH/c1-10(2)15(19)17(25)21-9-13(24)20-8-7-14-22-16(23-26-14)11-3-5-12(18)6-4-11;/h3-6,10,15H,7-9,19H2,1-2H3,(H,20,24)(H,21,25);1H/t15-;/m0./s1. The third-order valence-electron chi connectivity index (χ3n) is 3.68. The van der Waals surface area contributed by atoms with Crippen molar-refractivity contribution in [1.82, 2.24) is 20.8 Å². The van der Waals surface area contributed by atoms with Gasteiger partial charge in [0, 0.05) is 23.6 Å². The van der Waals surface area contributed by atoms with Crippen LogP contribution >= 0.6 is 24.0 Å². The van der Waals surface area contributed by atoms with Gasteiger partial charge in [0.25, 0.3) is 0 Å². The Morgan fingerprint density at radius 2 is 1.89 bits per heavy atom. The molecule has 0 bridgehead atoms. The molecule has 0 aliphatic rings. The van der Waals surface area contributed by atoms with Gasteiger partial charge in [0.1, 0.15) is 0 Å². The van der Waals surface area contributed by atoms with Gasteiger partial charge in [-0.15, -0.1) is 12.4 Å². The lowest BCUT2D eigenvalue weighted by molar-refractivity contribution is -0.127. The van der Waals surface area contributed by atoms with Crippen molar-refractivity contribution in [3.8, 4) is 11.4 Å². The molecule has 0 fully saturated rings. The van der Waals surface area contributed by atoms with Crippen LogP contribution in [0.3, 0.4) is 0 Å². The van der Waals surface area contributed by atoms with Crippen LogP contribution in [0.1, 0.15) is 19.7 Å². The van der Waals surface area contributed by atoms with Crippen molar-refractivity contribution in [1.29, 1.82) is 0 Å². The number of nitrogens with two attached hydrogens (primary N) is 1. The van der Waals surface area contributed by atoms with Gasteiger partial charge in [0.05, 0.1) is 12.6 Å². The van der Waals surface area contributed by atoms with Gasteiger partial charge in [0.15, 0.2) is 0 Å².